The Morgan fingerprint density at radius 3 is 3.12 bits per heavy atom. The molecule has 1 aromatic heterocycles. The van der Waals surface area contributed by atoms with Crippen LogP contribution in [-0.2, 0) is 0 Å². The summed E-state index contributed by atoms with van der Waals surface area (Å²) in [5, 5.41) is 0. The third kappa shape index (κ3) is 2.33. The Morgan fingerprint density at radius 2 is 2.38 bits per heavy atom. The number of nitrogen functional groups attached to an aromatic ring is 1. The largest absolute Gasteiger partial charge is 0.482 e. The van der Waals surface area contributed by atoms with Gasteiger partial charge in [0, 0.05) is 18.2 Å². The zero-order chi connectivity index (χ0) is 11.5. The first-order valence-corrected chi connectivity index (χ1v) is 5.53. The molecule has 0 saturated carbocycles. The van der Waals surface area contributed by atoms with E-state index in [0.29, 0.717) is 11.6 Å². The van der Waals surface area contributed by atoms with Gasteiger partial charge in [0.1, 0.15) is 12.3 Å². The molecule has 0 fully saturated rings. The molecule has 1 aliphatic heterocycles. The number of aromatic nitrogens is 1. The molecule has 86 valence electrons. The van der Waals surface area contributed by atoms with Crippen LogP contribution in [0.1, 0.15) is 6.92 Å². The lowest BCUT2D eigenvalue weighted by Crippen LogP contribution is -3.06. The van der Waals surface area contributed by atoms with E-state index in [0.717, 1.165) is 12.3 Å². The molecule has 2 rings (SSSR count). The summed E-state index contributed by atoms with van der Waals surface area (Å²) < 4.78 is 5.93. The van der Waals surface area contributed by atoms with E-state index >= 15 is 0 Å². The number of anilines is 1. The molecule has 0 radical (unpaired) electrons. The Balaban J connectivity index is 2.10. The monoisotopic (exact) mass is 220 g/mol. The molecule has 3 atom stereocenters. The number of nitrogens with zero attached hydrogens (tertiary/aromatic N) is 1. The second kappa shape index (κ2) is 4.53. The lowest BCUT2D eigenvalue weighted by atomic mass is 10.0. The van der Waals surface area contributed by atoms with Crippen molar-refractivity contribution in [2.75, 3.05) is 19.3 Å². The molecular weight excluding hydrogens is 202 g/mol. The molecule has 0 aromatic carbocycles. The summed E-state index contributed by atoms with van der Waals surface area (Å²) in [6.07, 6.45) is 7.84. The fourth-order valence-corrected chi connectivity index (χ4v) is 1.82. The fourth-order valence-electron chi connectivity index (χ4n) is 1.82. The van der Waals surface area contributed by atoms with Gasteiger partial charge in [-0.15, -0.1) is 0 Å². The number of nitrogens with two attached hydrogens (primary N) is 1. The van der Waals surface area contributed by atoms with Crippen LogP contribution in [0.5, 0.6) is 5.75 Å². The topological polar surface area (TPSA) is 52.6 Å². The highest BCUT2D eigenvalue weighted by Gasteiger charge is 2.25. The second-order valence-electron chi connectivity index (χ2n) is 4.34. The van der Waals surface area contributed by atoms with E-state index in [9.17, 15) is 0 Å². The first-order chi connectivity index (χ1) is 7.66. The first kappa shape index (κ1) is 11.0. The van der Waals surface area contributed by atoms with E-state index in [-0.39, 0.29) is 6.10 Å². The molecule has 1 aliphatic rings. The molecule has 0 aliphatic carbocycles. The van der Waals surface area contributed by atoms with Gasteiger partial charge in [0.15, 0.2) is 6.10 Å². The molecule has 4 nitrogen and oxygen atoms in total. The molecule has 0 amide bonds. The maximum atomic E-state index is 5.93. The number of hydrogen-bond donors (Lipinski definition) is 2. The average molecular weight is 220 g/mol. The van der Waals surface area contributed by atoms with E-state index in [4.69, 9.17) is 10.5 Å². The van der Waals surface area contributed by atoms with Crippen molar-refractivity contribution >= 4 is 5.69 Å². The van der Waals surface area contributed by atoms with Crippen LogP contribution in [0.3, 0.4) is 0 Å². The molecular formula is C12H18N3O+. The Morgan fingerprint density at radius 1 is 1.56 bits per heavy atom. The number of likely N-dealkylation sites (N-methyl/N-ethyl adjacent to an activating group) is 1. The minimum absolute atomic E-state index is 0.176. The molecule has 0 bridgehead atoms. The normalized spacial score (nSPS) is 29.0. The lowest BCUT2D eigenvalue weighted by Gasteiger charge is -2.28. The van der Waals surface area contributed by atoms with E-state index < -0.39 is 0 Å². The van der Waals surface area contributed by atoms with Gasteiger partial charge in [0.25, 0.3) is 0 Å². The number of hydrogen-bond acceptors (Lipinski definition) is 3. The number of pyridine rings is 1. The Labute approximate surface area is 95.7 Å². The van der Waals surface area contributed by atoms with Crippen LogP contribution < -0.4 is 15.4 Å². The van der Waals surface area contributed by atoms with Gasteiger partial charge in [-0.1, -0.05) is 6.92 Å². The van der Waals surface area contributed by atoms with Crippen LogP contribution in [0, 0.1) is 5.92 Å². The smallest absolute Gasteiger partial charge is 0.154 e. The maximum Gasteiger partial charge on any atom is 0.154 e. The van der Waals surface area contributed by atoms with Gasteiger partial charge in [0.2, 0.25) is 0 Å². The van der Waals surface area contributed by atoms with Crippen LogP contribution in [0.25, 0.3) is 0 Å². The molecule has 0 saturated heterocycles. The summed E-state index contributed by atoms with van der Waals surface area (Å²) in [5.41, 5.74) is 6.40. The summed E-state index contributed by atoms with van der Waals surface area (Å²) in [7, 11) is 2.12. The van der Waals surface area contributed by atoms with E-state index in [1.807, 2.05) is 6.07 Å². The third-order valence-electron chi connectivity index (χ3n) is 2.88. The zero-order valence-electron chi connectivity index (χ0n) is 9.68. The van der Waals surface area contributed by atoms with Crippen LogP contribution >= 0.6 is 0 Å². The quantitative estimate of drug-likeness (QED) is 0.742. The summed E-state index contributed by atoms with van der Waals surface area (Å²) in [5.74, 6) is 1.14. The highest BCUT2D eigenvalue weighted by Crippen LogP contribution is 2.22. The van der Waals surface area contributed by atoms with Gasteiger partial charge < -0.3 is 15.4 Å². The zero-order valence-corrected chi connectivity index (χ0v) is 9.68. The van der Waals surface area contributed by atoms with Crippen molar-refractivity contribution in [1.82, 2.24) is 4.98 Å². The van der Waals surface area contributed by atoms with Gasteiger partial charge >= 0.3 is 0 Å². The predicted molar refractivity (Wildman–Crippen MR) is 63.1 cm³/mol. The third-order valence-corrected chi connectivity index (χ3v) is 2.88. The standard InChI is InChI=1S/C12H17N3O/c1-9-4-6-15(2)8-12(9)16-11-3-5-14-7-10(11)13/h3-7,9,12H,8,13H2,1-2H3/p+1. The average Bonchev–Trinajstić information content (AvgIpc) is 2.27. The predicted octanol–water partition coefficient (Wildman–Crippen LogP) is 0.0893. The fraction of sp³-hybridized carbons (Fsp3) is 0.417. The van der Waals surface area contributed by atoms with Crippen LogP contribution in [-0.4, -0.2) is 24.7 Å². The minimum Gasteiger partial charge on any atom is -0.482 e. The second-order valence-corrected chi connectivity index (χ2v) is 4.34. The number of nitrogens with one attached hydrogen (secondary N) is 1. The van der Waals surface area contributed by atoms with Crippen molar-refractivity contribution in [3.8, 4) is 5.75 Å². The van der Waals surface area contributed by atoms with Gasteiger partial charge in [0.05, 0.1) is 25.1 Å². The number of rotatable bonds is 2. The van der Waals surface area contributed by atoms with Crippen molar-refractivity contribution in [3.05, 3.63) is 30.7 Å². The molecule has 3 N–H and O–H groups in total. The van der Waals surface area contributed by atoms with Crippen molar-refractivity contribution in [2.45, 2.75) is 13.0 Å². The molecule has 3 unspecified atom stereocenters. The highest BCUT2D eigenvalue weighted by molar-refractivity contribution is 5.49. The SMILES string of the molecule is CC1C=C[NH+](C)CC1Oc1ccncc1N. The highest BCUT2D eigenvalue weighted by atomic mass is 16.5. The van der Waals surface area contributed by atoms with Crippen LogP contribution in [0.4, 0.5) is 5.69 Å². The molecule has 2 heterocycles. The summed E-state index contributed by atoms with van der Waals surface area (Å²) >= 11 is 0. The van der Waals surface area contributed by atoms with Crippen molar-refractivity contribution in [1.29, 1.82) is 0 Å². The molecule has 1 aromatic rings. The van der Waals surface area contributed by atoms with Gasteiger partial charge in [-0.05, 0) is 6.08 Å². The Hall–Kier alpha value is -1.55. The van der Waals surface area contributed by atoms with E-state index in [1.165, 1.54) is 4.90 Å². The van der Waals surface area contributed by atoms with Crippen molar-refractivity contribution < 1.29 is 9.64 Å². The summed E-state index contributed by atoms with van der Waals surface area (Å²) in [4.78, 5) is 5.29. The summed E-state index contributed by atoms with van der Waals surface area (Å²) in [6.45, 7) is 3.12. The lowest BCUT2D eigenvalue weighted by molar-refractivity contribution is -0.831. The number of ether oxygens (including phenoxy) is 1. The van der Waals surface area contributed by atoms with Crippen molar-refractivity contribution in [2.24, 2.45) is 5.92 Å². The number of quaternary nitrogens is 1. The minimum atomic E-state index is 0.176. The first-order valence-electron chi connectivity index (χ1n) is 5.53. The molecule has 0 spiro atoms. The van der Waals surface area contributed by atoms with Crippen molar-refractivity contribution in [3.63, 3.8) is 0 Å². The van der Waals surface area contributed by atoms with E-state index in [2.05, 4.69) is 31.2 Å². The Bertz CT molecular complexity index is 392. The van der Waals surface area contributed by atoms with Crippen LogP contribution in [0.2, 0.25) is 0 Å². The van der Waals surface area contributed by atoms with Gasteiger partial charge in [-0.25, -0.2) is 0 Å². The maximum absolute atomic E-state index is 5.93. The van der Waals surface area contributed by atoms with Crippen LogP contribution in [0.15, 0.2) is 30.7 Å². The molecule has 4 heteroatoms. The van der Waals surface area contributed by atoms with E-state index in [1.54, 1.807) is 12.4 Å². The van der Waals surface area contributed by atoms with Gasteiger partial charge in [-0.3, -0.25) is 4.98 Å². The molecule has 16 heavy (non-hydrogen) atoms. The Kier molecular flexibility index (Phi) is 3.10. The summed E-state index contributed by atoms with van der Waals surface area (Å²) in [6, 6.07) is 1.82. The van der Waals surface area contributed by atoms with Gasteiger partial charge in [-0.2, -0.15) is 0 Å².